The standard InChI is InChI=1S/C26H25ClN4O3S2/c1-3-30-13-12-20-21(14-30)36-24-23(20)25(33)31(18-8-10-19(34-2)11-9-18)26(29-24)35-15-22(32)28-17-6-4-16(27)5-7-17/h4-11H,3,12-15H2,1-2H3,(H,28,32). The summed E-state index contributed by atoms with van der Waals surface area (Å²) >= 11 is 8.76. The third-order valence-corrected chi connectivity index (χ3v) is 8.46. The van der Waals surface area contributed by atoms with Crippen LogP contribution in [-0.4, -0.2) is 46.3 Å². The molecule has 7 nitrogen and oxygen atoms in total. The summed E-state index contributed by atoms with van der Waals surface area (Å²) in [5.41, 5.74) is 2.35. The lowest BCUT2D eigenvalue weighted by atomic mass is 10.1. The summed E-state index contributed by atoms with van der Waals surface area (Å²) in [6, 6.07) is 14.2. The van der Waals surface area contributed by atoms with Crippen molar-refractivity contribution in [3.8, 4) is 11.4 Å². The first-order chi connectivity index (χ1) is 17.5. The number of hydrogen-bond donors (Lipinski definition) is 1. The highest BCUT2D eigenvalue weighted by atomic mass is 35.5. The maximum absolute atomic E-state index is 13.9. The predicted molar refractivity (Wildman–Crippen MR) is 147 cm³/mol. The minimum atomic E-state index is -0.193. The molecular formula is C26H25ClN4O3S2. The summed E-state index contributed by atoms with van der Waals surface area (Å²) in [7, 11) is 1.60. The van der Waals surface area contributed by atoms with Crippen molar-refractivity contribution >= 4 is 56.5 Å². The monoisotopic (exact) mass is 540 g/mol. The first-order valence-electron chi connectivity index (χ1n) is 11.6. The number of halogens is 1. The molecule has 0 atom stereocenters. The fourth-order valence-electron chi connectivity index (χ4n) is 4.26. The number of nitrogens with one attached hydrogen (secondary N) is 1. The van der Waals surface area contributed by atoms with Gasteiger partial charge in [-0.2, -0.15) is 0 Å². The molecule has 10 heteroatoms. The van der Waals surface area contributed by atoms with Gasteiger partial charge < -0.3 is 10.1 Å². The van der Waals surface area contributed by atoms with Gasteiger partial charge in [0.25, 0.3) is 5.56 Å². The minimum absolute atomic E-state index is 0.103. The van der Waals surface area contributed by atoms with Crippen molar-refractivity contribution in [2.45, 2.75) is 25.0 Å². The zero-order valence-corrected chi connectivity index (χ0v) is 22.3. The molecule has 2 aromatic carbocycles. The number of hydrogen-bond acceptors (Lipinski definition) is 7. The summed E-state index contributed by atoms with van der Waals surface area (Å²) in [6.45, 7) is 4.89. The van der Waals surface area contributed by atoms with E-state index < -0.39 is 0 Å². The Labute approximate surface area is 222 Å². The van der Waals surface area contributed by atoms with Gasteiger partial charge in [-0.15, -0.1) is 11.3 Å². The van der Waals surface area contributed by atoms with Crippen molar-refractivity contribution in [1.29, 1.82) is 0 Å². The van der Waals surface area contributed by atoms with Crippen LogP contribution in [-0.2, 0) is 17.8 Å². The average Bonchev–Trinajstić information content (AvgIpc) is 3.26. The van der Waals surface area contributed by atoms with Gasteiger partial charge in [0, 0.05) is 28.7 Å². The lowest BCUT2D eigenvalue weighted by molar-refractivity contribution is -0.113. The van der Waals surface area contributed by atoms with Gasteiger partial charge in [-0.3, -0.25) is 19.1 Å². The Hall–Kier alpha value is -2.85. The quantitative estimate of drug-likeness (QED) is 0.256. The first kappa shape index (κ1) is 24.8. The lowest BCUT2D eigenvalue weighted by Gasteiger charge is -2.25. The van der Waals surface area contributed by atoms with E-state index in [0.29, 0.717) is 32.7 Å². The lowest BCUT2D eigenvalue weighted by Crippen LogP contribution is -2.30. The second kappa shape index (κ2) is 10.6. The van der Waals surface area contributed by atoms with Gasteiger partial charge in [0.05, 0.1) is 23.9 Å². The third-order valence-electron chi connectivity index (χ3n) is 6.16. The van der Waals surface area contributed by atoms with Crippen molar-refractivity contribution in [2.75, 3.05) is 31.3 Å². The fourth-order valence-corrected chi connectivity index (χ4v) is 6.50. The van der Waals surface area contributed by atoms with Crippen LogP contribution < -0.4 is 15.6 Å². The zero-order valence-electron chi connectivity index (χ0n) is 19.9. The van der Waals surface area contributed by atoms with E-state index in [1.165, 1.54) is 16.6 Å². The van der Waals surface area contributed by atoms with Crippen molar-refractivity contribution in [3.05, 3.63) is 74.3 Å². The van der Waals surface area contributed by atoms with Crippen LogP contribution in [0.2, 0.25) is 5.02 Å². The largest absolute Gasteiger partial charge is 0.497 e. The van der Waals surface area contributed by atoms with E-state index in [1.807, 2.05) is 24.3 Å². The van der Waals surface area contributed by atoms with E-state index in [2.05, 4.69) is 17.1 Å². The maximum atomic E-state index is 13.9. The van der Waals surface area contributed by atoms with Crippen LogP contribution in [0.15, 0.2) is 58.5 Å². The summed E-state index contributed by atoms with van der Waals surface area (Å²) in [5, 5.41) is 4.64. The fraction of sp³-hybridized carbons (Fsp3) is 0.269. The molecule has 1 N–H and O–H groups in total. The molecule has 4 aromatic rings. The normalized spacial score (nSPS) is 13.5. The number of methoxy groups -OCH3 is 1. The SMILES string of the molecule is CCN1CCc2c(sc3nc(SCC(=O)Nc4ccc(Cl)cc4)n(-c4ccc(OC)cc4)c(=O)c23)C1. The number of anilines is 1. The van der Waals surface area contributed by atoms with Crippen LogP contribution in [0.25, 0.3) is 15.9 Å². The Kier molecular flexibility index (Phi) is 7.34. The van der Waals surface area contributed by atoms with Gasteiger partial charge in [0.15, 0.2) is 5.16 Å². The van der Waals surface area contributed by atoms with Gasteiger partial charge >= 0.3 is 0 Å². The number of ether oxygens (including phenoxy) is 1. The molecule has 0 saturated carbocycles. The average molecular weight is 541 g/mol. The number of rotatable bonds is 7. The Morgan fingerprint density at radius 3 is 2.64 bits per heavy atom. The van der Waals surface area contributed by atoms with Crippen LogP contribution in [0.4, 0.5) is 5.69 Å². The molecule has 0 fully saturated rings. The molecule has 5 rings (SSSR count). The van der Waals surface area contributed by atoms with E-state index in [4.69, 9.17) is 21.3 Å². The highest BCUT2D eigenvalue weighted by Crippen LogP contribution is 2.34. The topological polar surface area (TPSA) is 76.5 Å². The number of fused-ring (bicyclic) bond motifs is 3. The third kappa shape index (κ3) is 5.01. The molecular weight excluding hydrogens is 516 g/mol. The molecule has 1 aliphatic rings. The predicted octanol–water partition coefficient (Wildman–Crippen LogP) is 5.22. The van der Waals surface area contributed by atoms with Crippen LogP contribution in [0.1, 0.15) is 17.4 Å². The van der Waals surface area contributed by atoms with E-state index in [0.717, 1.165) is 36.4 Å². The smallest absolute Gasteiger partial charge is 0.267 e. The van der Waals surface area contributed by atoms with Gasteiger partial charge in [-0.25, -0.2) is 4.98 Å². The zero-order chi connectivity index (χ0) is 25.2. The number of benzene rings is 2. The number of thioether (sulfide) groups is 1. The molecule has 186 valence electrons. The number of carbonyl (C=O) groups excluding carboxylic acids is 1. The van der Waals surface area contributed by atoms with Crippen molar-refractivity contribution in [3.63, 3.8) is 0 Å². The Morgan fingerprint density at radius 2 is 1.94 bits per heavy atom. The Bertz CT molecular complexity index is 1470. The molecule has 0 unspecified atom stereocenters. The van der Waals surface area contributed by atoms with Crippen LogP contribution >= 0.6 is 34.7 Å². The summed E-state index contributed by atoms with van der Waals surface area (Å²) in [4.78, 5) is 35.8. The Balaban J connectivity index is 1.52. The van der Waals surface area contributed by atoms with Crippen LogP contribution in [0.3, 0.4) is 0 Å². The second-order valence-corrected chi connectivity index (χ2v) is 10.8. The van der Waals surface area contributed by atoms with E-state index in [9.17, 15) is 9.59 Å². The molecule has 0 spiro atoms. The van der Waals surface area contributed by atoms with Crippen LogP contribution in [0.5, 0.6) is 5.75 Å². The highest BCUT2D eigenvalue weighted by molar-refractivity contribution is 7.99. The number of carbonyl (C=O) groups is 1. The molecule has 36 heavy (non-hydrogen) atoms. The molecule has 0 aliphatic carbocycles. The number of thiophene rings is 1. The number of likely N-dealkylation sites (N-methyl/N-ethyl adjacent to an activating group) is 1. The highest BCUT2D eigenvalue weighted by Gasteiger charge is 2.25. The second-order valence-electron chi connectivity index (χ2n) is 8.38. The summed E-state index contributed by atoms with van der Waals surface area (Å²) in [6.07, 6.45) is 0.832. The molecule has 1 aliphatic heterocycles. The van der Waals surface area contributed by atoms with Gasteiger partial charge in [0.2, 0.25) is 5.91 Å². The van der Waals surface area contributed by atoms with Crippen molar-refractivity contribution in [1.82, 2.24) is 14.5 Å². The molecule has 0 bridgehead atoms. The first-order valence-corrected chi connectivity index (χ1v) is 13.8. The van der Waals surface area contributed by atoms with Crippen molar-refractivity contribution < 1.29 is 9.53 Å². The molecule has 0 saturated heterocycles. The number of amides is 1. The summed E-state index contributed by atoms with van der Waals surface area (Å²) in [5.74, 6) is 0.609. The van der Waals surface area contributed by atoms with Gasteiger partial charge in [-0.05, 0) is 67.1 Å². The Morgan fingerprint density at radius 1 is 1.19 bits per heavy atom. The maximum Gasteiger partial charge on any atom is 0.267 e. The van der Waals surface area contributed by atoms with E-state index in [1.54, 1.807) is 47.3 Å². The summed E-state index contributed by atoms with van der Waals surface area (Å²) < 4.78 is 6.90. The van der Waals surface area contributed by atoms with E-state index >= 15 is 0 Å². The molecule has 2 aromatic heterocycles. The van der Waals surface area contributed by atoms with Crippen molar-refractivity contribution in [2.24, 2.45) is 0 Å². The minimum Gasteiger partial charge on any atom is -0.497 e. The van der Waals surface area contributed by atoms with Gasteiger partial charge in [0.1, 0.15) is 10.6 Å². The van der Waals surface area contributed by atoms with E-state index in [-0.39, 0.29) is 17.2 Å². The number of aromatic nitrogens is 2. The molecule has 3 heterocycles. The molecule has 1 amide bonds. The number of nitrogens with zero attached hydrogens (tertiary/aromatic N) is 3. The molecule has 0 radical (unpaired) electrons. The van der Waals surface area contributed by atoms with Gasteiger partial charge in [-0.1, -0.05) is 30.3 Å². The van der Waals surface area contributed by atoms with Crippen LogP contribution in [0, 0.1) is 0 Å².